The number of hydrogen-bond donors (Lipinski definition) is 2. The second kappa shape index (κ2) is 11.0. The molecule has 0 saturated carbocycles. The molecular weight excluding hydrogens is 494 g/mol. The van der Waals surface area contributed by atoms with Crippen LogP contribution in [-0.4, -0.2) is 30.5 Å². The largest absolute Gasteiger partial charge is 0.332 e. The molecule has 5 rings (SSSR count). The van der Waals surface area contributed by atoms with Crippen molar-refractivity contribution in [2.45, 2.75) is 30.7 Å². The lowest BCUT2D eigenvalue weighted by Crippen LogP contribution is -2.28. The molecule has 2 N–H and O–H groups in total. The molecule has 0 fully saturated rings. The van der Waals surface area contributed by atoms with Crippen LogP contribution in [0.25, 0.3) is 28.2 Å². The number of anilines is 1. The van der Waals surface area contributed by atoms with Crippen molar-refractivity contribution in [3.63, 3.8) is 0 Å². The fourth-order valence-electron chi connectivity index (χ4n) is 4.40. The fourth-order valence-corrected chi connectivity index (χ4v) is 5.31. The number of H-pyrrole nitrogens is 1. The van der Waals surface area contributed by atoms with Gasteiger partial charge in [0.15, 0.2) is 5.16 Å². The molecule has 0 aliphatic heterocycles. The van der Waals surface area contributed by atoms with Crippen molar-refractivity contribution < 1.29 is 4.79 Å². The topological polar surface area (TPSA) is 84.7 Å². The van der Waals surface area contributed by atoms with Crippen LogP contribution in [0.5, 0.6) is 0 Å². The Bertz CT molecular complexity index is 1550. The number of imidazole rings is 1. The molecule has 7 nitrogen and oxygen atoms in total. The Kier molecular flexibility index (Phi) is 7.33. The van der Waals surface area contributed by atoms with E-state index in [1.807, 2.05) is 112 Å². The van der Waals surface area contributed by atoms with E-state index in [0.717, 1.165) is 28.2 Å². The second-order valence-corrected chi connectivity index (χ2v) is 10.1. The van der Waals surface area contributed by atoms with Gasteiger partial charge in [-0.2, -0.15) is 0 Å². The van der Waals surface area contributed by atoms with Crippen LogP contribution in [0.15, 0.2) is 101 Å². The molecule has 192 valence electrons. The van der Waals surface area contributed by atoms with Gasteiger partial charge in [-0.25, -0.2) is 9.67 Å². The first kappa shape index (κ1) is 25.4. The summed E-state index contributed by atoms with van der Waals surface area (Å²) in [6.45, 7) is 3.78. The number of nitrogens with zero attached hydrogens (tertiary/aromatic N) is 3. The third kappa shape index (κ3) is 4.95. The van der Waals surface area contributed by atoms with Gasteiger partial charge in [-0.1, -0.05) is 97.5 Å². The zero-order chi connectivity index (χ0) is 26.6. The summed E-state index contributed by atoms with van der Waals surface area (Å²) in [7, 11) is 1.81. The predicted octanol–water partition coefficient (Wildman–Crippen LogP) is 6.05. The Hall–Kier alpha value is -4.30. The second-order valence-electron chi connectivity index (χ2n) is 8.94. The molecule has 0 aliphatic rings. The molecule has 38 heavy (non-hydrogen) atoms. The molecule has 0 radical (unpaired) electrons. The van der Waals surface area contributed by atoms with Crippen molar-refractivity contribution in [2.24, 2.45) is 7.05 Å². The lowest BCUT2D eigenvalue weighted by molar-refractivity contribution is -0.115. The summed E-state index contributed by atoms with van der Waals surface area (Å²) >= 11 is 1.37. The van der Waals surface area contributed by atoms with Gasteiger partial charge < -0.3 is 10.3 Å². The molecule has 0 aliphatic carbocycles. The van der Waals surface area contributed by atoms with Crippen LogP contribution in [0.3, 0.4) is 0 Å². The number of carbonyl (C=O) groups excluding carboxylic acids is 1. The monoisotopic (exact) mass is 523 g/mol. The average Bonchev–Trinajstić information content (AvgIpc) is 3.47. The molecule has 2 heterocycles. The number of hydrogen-bond acceptors (Lipinski definition) is 4. The highest BCUT2D eigenvalue weighted by Crippen LogP contribution is 2.34. The first-order valence-corrected chi connectivity index (χ1v) is 13.4. The van der Waals surface area contributed by atoms with Gasteiger partial charge in [0.05, 0.1) is 28.0 Å². The smallest absolute Gasteiger partial charge is 0.295 e. The third-order valence-electron chi connectivity index (χ3n) is 6.51. The Labute approximate surface area is 225 Å². The van der Waals surface area contributed by atoms with E-state index < -0.39 is 5.25 Å². The van der Waals surface area contributed by atoms with Gasteiger partial charge in [0.2, 0.25) is 5.91 Å². The van der Waals surface area contributed by atoms with E-state index in [4.69, 9.17) is 4.98 Å². The SMILES string of the molecule is CCC(Sc1nc(-c2ccccc2)c(-c2ccccc2)[nH]1)C(=O)Nc1c(C)n(C)n(-c2ccccc2)c1=O. The van der Waals surface area contributed by atoms with Crippen molar-refractivity contribution >= 4 is 23.4 Å². The molecule has 8 heteroatoms. The summed E-state index contributed by atoms with van der Waals surface area (Å²) in [5.74, 6) is -0.234. The van der Waals surface area contributed by atoms with Crippen LogP contribution in [0.1, 0.15) is 19.0 Å². The molecule has 0 saturated heterocycles. The van der Waals surface area contributed by atoms with E-state index in [1.165, 1.54) is 11.8 Å². The van der Waals surface area contributed by atoms with Gasteiger partial charge in [-0.3, -0.25) is 14.3 Å². The van der Waals surface area contributed by atoms with Crippen LogP contribution < -0.4 is 10.9 Å². The van der Waals surface area contributed by atoms with E-state index >= 15 is 0 Å². The maximum Gasteiger partial charge on any atom is 0.295 e. The zero-order valence-electron chi connectivity index (χ0n) is 21.5. The number of aromatic nitrogens is 4. The van der Waals surface area contributed by atoms with Gasteiger partial charge in [0, 0.05) is 18.2 Å². The Morgan fingerprint density at radius 3 is 2.13 bits per heavy atom. The standard InChI is InChI=1S/C30H29N5O2S/c1-4-24(28(36)31-25-20(2)34(3)35(29(25)37)23-18-12-7-13-19-23)38-30-32-26(21-14-8-5-9-15-21)27(33-30)22-16-10-6-11-17-22/h5-19,24H,4H2,1-3H3,(H,31,36)(H,32,33). The normalized spacial score (nSPS) is 11.9. The van der Waals surface area contributed by atoms with E-state index in [9.17, 15) is 9.59 Å². The average molecular weight is 524 g/mol. The summed E-state index contributed by atoms with van der Waals surface area (Å²) in [5.41, 5.74) is 5.19. The molecule has 1 amide bonds. The van der Waals surface area contributed by atoms with E-state index in [0.29, 0.717) is 17.3 Å². The third-order valence-corrected chi connectivity index (χ3v) is 7.76. The van der Waals surface area contributed by atoms with Crippen molar-refractivity contribution in [1.29, 1.82) is 0 Å². The minimum Gasteiger partial charge on any atom is -0.332 e. The summed E-state index contributed by atoms with van der Waals surface area (Å²) in [5, 5.41) is 3.11. The minimum absolute atomic E-state index is 0.234. The first-order chi connectivity index (χ1) is 18.5. The number of benzene rings is 3. The van der Waals surface area contributed by atoms with Crippen molar-refractivity contribution in [3.8, 4) is 28.2 Å². The van der Waals surface area contributed by atoms with Crippen molar-refractivity contribution in [2.75, 3.05) is 5.32 Å². The van der Waals surface area contributed by atoms with Crippen LogP contribution in [-0.2, 0) is 11.8 Å². The molecule has 5 aromatic rings. The van der Waals surface area contributed by atoms with Crippen LogP contribution >= 0.6 is 11.8 Å². The summed E-state index contributed by atoms with van der Waals surface area (Å²) < 4.78 is 3.32. The molecule has 0 bridgehead atoms. The number of thioether (sulfide) groups is 1. The van der Waals surface area contributed by atoms with Gasteiger partial charge in [0.25, 0.3) is 5.56 Å². The van der Waals surface area contributed by atoms with Crippen molar-refractivity contribution in [3.05, 3.63) is 107 Å². The summed E-state index contributed by atoms with van der Waals surface area (Å²) in [6.07, 6.45) is 0.567. The van der Waals surface area contributed by atoms with Gasteiger partial charge >= 0.3 is 0 Å². The highest BCUT2D eigenvalue weighted by molar-refractivity contribution is 8.00. The van der Waals surface area contributed by atoms with Crippen LogP contribution in [0.2, 0.25) is 0 Å². The predicted molar refractivity (Wildman–Crippen MR) is 154 cm³/mol. The Morgan fingerprint density at radius 2 is 1.53 bits per heavy atom. The molecule has 3 aromatic carbocycles. The maximum absolute atomic E-state index is 13.4. The fraction of sp³-hybridized carbons (Fsp3) is 0.167. The maximum atomic E-state index is 13.4. The van der Waals surface area contributed by atoms with Gasteiger partial charge in [-0.15, -0.1) is 0 Å². The quantitative estimate of drug-likeness (QED) is 0.243. The van der Waals surface area contributed by atoms with Crippen LogP contribution in [0.4, 0.5) is 5.69 Å². The number of carbonyl (C=O) groups is 1. The number of aromatic amines is 1. The van der Waals surface area contributed by atoms with E-state index in [1.54, 1.807) is 9.36 Å². The van der Waals surface area contributed by atoms with Crippen molar-refractivity contribution in [1.82, 2.24) is 19.3 Å². The highest BCUT2D eigenvalue weighted by Gasteiger charge is 2.25. The molecule has 2 aromatic heterocycles. The number of rotatable bonds is 8. The minimum atomic E-state index is -0.447. The lowest BCUT2D eigenvalue weighted by atomic mass is 10.1. The molecular formula is C30H29N5O2S. The van der Waals surface area contributed by atoms with E-state index in [-0.39, 0.29) is 17.2 Å². The lowest BCUT2D eigenvalue weighted by Gasteiger charge is -2.12. The Morgan fingerprint density at radius 1 is 0.947 bits per heavy atom. The molecule has 0 spiro atoms. The first-order valence-electron chi connectivity index (χ1n) is 12.5. The molecule has 1 unspecified atom stereocenters. The number of nitrogens with one attached hydrogen (secondary N) is 2. The van der Waals surface area contributed by atoms with Gasteiger partial charge in [-0.05, 0) is 25.5 Å². The number of amides is 1. The van der Waals surface area contributed by atoms with E-state index in [2.05, 4.69) is 10.3 Å². The van der Waals surface area contributed by atoms with Crippen LogP contribution in [0, 0.1) is 6.92 Å². The molecule has 1 atom stereocenters. The van der Waals surface area contributed by atoms with Gasteiger partial charge in [0.1, 0.15) is 5.69 Å². The summed E-state index contributed by atoms with van der Waals surface area (Å²) in [6, 6.07) is 29.4. The number of para-hydroxylation sites is 1. The Balaban J connectivity index is 1.43. The highest BCUT2D eigenvalue weighted by atomic mass is 32.2. The summed E-state index contributed by atoms with van der Waals surface area (Å²) in [4.78, 5) is 35.0. The zero-order valence-corrected chi connectivity index (χ0v) is 22.3.